The van der Waals surface area contributed by atoms with Gasteiger partial charge >= 0.3 is 0 Å². The van der Waals surface area contributed by atoms with Crippen molar-refractivity contribution in [1.29, 1.82) is 0 Å². The molecule has 27 heavy (non-hydrogen) atoms. The van der Waals surface area contributed by atoms with Gasteiger partial charge in [0.25, 0.3) is 0 Å². The van der Waals surface area contributed by atoms with Crippen molar-refractivity contribution in [2.45, 2.75) is 19.1 Å². The van der Waals surface area contributed by atoms with Crippen molar-refractivity contribution in [2.24, 2.45) is 13.0 Å². The maximum atomic E-state index is 13.8. The lowest BCUT2D eigenvalue weighted by Gasteiger charge is -2.22. The highest BCUT2D eigenvalue weighted by Crippen LogP contribution is 2.30. The number of hydrogen-bond acceptors (Lipinski definition) is 5. The molecule has 2 aromatic rings. The van der Waals surface area contributed by atoms with Crippen LogP contribution >= 0.6 is 12.4 Å². The molecule has 2 aliphatic rings. The molecular weight excluding hydrogens is 375 g/mol. The Morgan fingerprint density at radius 3 is 3.07 bits per heavy atom. The van der Waals surface area contributed by atoms with Crippen LogP contribution in [0.15, 0.2) is 24.5 Å². The molecule has 0 unspecified atom stereocenters. The number of carbonyl (C=O) groups excluding carboxylic acids is 1. The van der Waals surface area contributed by atoms with Crippen LogP contribution < -0.4 is 15.4 Å². The lowest BCUT2D eigenvalue weighted by Crippen LogP contribution is -2.34. The van der Waals surface area contributed by atoms with Gasteiger partial charge in [0.2, 0.25) is 5.91 Å². The summed E-state index contributed by atoms with van der Waals surface area (Å²) in [5.41, 5.74) is 2.33. The number of halogens is 2. The first-order valence-electron chi connectivity index (χ1n) is 8.60. The molecule has 0 radical (unpaired) electrons. The van der Waals surface area contributed by atoms with Crippen LogP contribution in [-0.4, -0.2) is 35.6 Å². The number of carbonyl (C=O) groups is 1. The fourth-order valence-corrected chi connectivity index (χ4v) is 3.64. The fraction of sp³-hybridized carbons (Fsp3) is 0.444. The van der Waals surface area contributed by atoms with Gasteiger partial charge in [0.05, 0.1) is 18.7 Å². The molecule has 1 aromatic carbocycles. The van der Waals surface area contributed by atoms with Crippen LogP contribution in [0.25, 0.3) is 0 Å². The molecule has 2 atom stereocenters. The molecule has 4 rings (SSSR count). The first-order chi connectivity index (χ1) is 12.6. The van der Waals surface area contributed by atoms with Crippen molar-refractivity contribution in [2.75, 3.05) is 19.9 Å². The SMILES string of the molecule is Cl.Cn1cc([C@H]2CNC[C@@H]2C(=O)NCc2cc(F)cc3c2OCOC3)cn1. The van der Waals surface area contributed by atoms with Gasteiger partial charge in [-0.05, 0) is 17.7 Å². The highest BCUT2D eigenvalue weighted by Gasteiger charge is 2.34. The minimum atomic E-state index is -0.363. The van der Waals surface area contributed by atoms with E-state index in [-0.39, 0.29) is 49.3 Å². The van der Waals surface area contributed by atoms with Crippen LogP contribution in [0.5, 0.6) is 5.75 Å². The topological polar surface area (TPSA) is 77.4 Å². The van der Waals surface area contributed by atoms with E-state index in [1.165, 1.54) is 12.1 Å². The zero-order valence-electron chi connectivity index (χ0n) is 14.9. The Balaban J connectivity index is 0.00000210. The van der Waals surface area contributed by atoms with Crippen molar-refractivity contribution < 1.29 is 18.7 Å². The van der Waals surface area contributed by atoms with Crippen LogP contribution in [0.3, 0.4) is 0 Å². The van der Waals surface area contributed by atoms with Gasteiger partial charge in [-0.1, -0.05) is 0 Å². The smallest absolute Gasteiger partial charge is 0.225 e. The van der Waals surface area contributed by atoms with Gasteiger partial charge in [-0.2, -0.15) is 5.10 Å². The van der Waals surface area contributed by atoms with E-state index >= 15 is 0 Å². The number of rotatable bonds is 4. The van der Waals surface area contributed by atoms with Crippen molar-refractivity contribution in [3.05, 3.63) is 47.0 Å². The molecule has 7 nitrogen and oxygen atoms in total. The van der Waals surface area contributed by atoms with Crippen molar-refractivity contribution in [3.63, 3.8) is 0 Å². The number of benzene rings is 1. The van der Waals surface area contributed by atoms with Crippen molar-refractivity contribution >= 4 is 18.3 Å². The summed E-state index contributed by atoms with van der Waals surface area (Å²) >= 11 is 0. The highest BCUT2D eigenvalue weighted by molar-refractivity contribution is 5.85. The van der Waals surface area contributed by atoms with E-state index in [2.05, 4.69) is 15.7 Å². The number of nitrogens with one attached hydrogen (secondary N) is 2. The Labute approximate surface area is 162 Å². The predicted molar refractivity (Wildman–Crippen MR) is 98.1 cm³/mol. The van der Waals surface area contributed by atoms with E-state index in [0.29, 0.717) is 30.0 Å². The van der Waals surface area contributed by atoms with Gasteiger partial charge in [0.15, 0.2) is 6.79 Å². The summed E-state index contributed by atoms with van der Waals surface area (Å²) in [5, 5.41) is 10.4. The van der Waals surface area contributed by atoms with E-state index in [0.717, 1.165) is 12.1 Å². The second-order valence-electron chi connectivity index (χ2n) is 6.70. The first-order valence-corrected chi connectivity index (χ1v) is 8.60. The summed E-state index contributed by atoms with van der Waals surface area (Å²) in [6, 6.07) is 2.80. The maximum absolute atomic E-state index is 13.8. The fourth-order valence-electron chi connectivity index (χ4n) is 3.64. The number of aromatic nitrogens is 2. The van der Waals surface area contributed by atoms with Gasteiger partial charge in [0, 0.05) is 49.9 Å². The highest BCUT2D eigenvalue weighted by atomic mass is 35.5. The standard InChI is InChI=1S/C18H21FN4O3.ClH/c1-23-8-13(5-22-23)15-6-20-7-16(15)18(24)21-4-11-2-14(19)3-12-9-25-10-26-17(11)12;/h2-3,5,8,15-16,20H,4,6-7,9-10H2,1H3,(H,21,24);1H/t15-,16+;/m1./s1. The third-order valence-corrected chi connectivity index (χ3v) is 4.91. The lowest BCUT2D eigenvalue weighted by atomic mass is 9.90. The number of amides is 1. The first kappa shape index (κ1) is 19.6. The molecule has 0 spiro atoms. The maximum Gasteiger partial charge on any atom is 0.225 e. The van der Waals surface area contributed by atoms with Crippen molar-refractivity contribution in [3.8, 4) is 5.75 Å². The molecule has 3 heterocycles. The Bertz CT molecular complexity index is 829. The molecule has 146 valence electrons. The summed E-state index contributed by atoms with van der Waals surface area (Å²) in [7, 11) is 1.86. The van der Waals surface area contributed by atoms with Gasteiger partial charge in [-0.15, -0.1) is 12.4 Å². The van der Waals surface area contributed by atoms with Gasteiger partial charge in [-0.3, -0.25) is 9.48 Å². The number of nitrogens with zero attached hydrogens (tertiary/aromatic N) is 2. The van der Waals surface area contributed by atoms with E-state index in [9.17, 15) is 9.18 Å². The number of ether oxygens (including phenoxy) is 2. The zero-order valence-corrected chi connectivity index (χ0v) is 15.7. The lowest BCUT2D eigenvalue weighted by molar-refractivity contribution is -0.125. The molecule has 9 heteroatoms. The second-order valence-corrected chi connectivity index (χ2v) is 6.70. The van der Waals surface area contributed by atoms with Gasteiger partial charge in [0.1, 0.15) is 11.6 Å². The van der Waals surface area contributed by atoms with Crippen LogP contribution in [0.1, 0.15) is 22.6 Å². The molecular formula is C18H22ClFN4O3. The summed E-state index contributed by atoms with van der Waals surface area (Å²) in [6.07, 6.45) is 3.74. The monoisotopic (exact) mass is 396 g/mol. The molecule has 0 bridgehead atoms. The molecule has 2 aliphatic heterocycles. The minimum absolute atomic E-state index is 0. The molecule has 1 amide bonds. The molecule has 1 saturated heterocycles. The number of hydrogen-bond donors (Lipinski definition) is 2. The molecule has 0 aliphatic carbocycles. The predicted octanol–water partition coefficient (Wildman–Crippen LogP) is 1.47. The van der Waals surface area contributed by atoms with E-state index in [4.69, 9.17) is 9.47 Å². The minimum Gasteiger partial charge on any atom is -0.467 e. The van der Waals surface area contributed by atoms with Crippen LogP contribution in [-0.2, 0) is 29.7 Å². The Hall–Kier alpha value is -2.16. The molecule has 1 fully saturated rings. The summed E-state index contributed by atoms with van der Waals surface area (Å²) in [6.45, 7) is 2.00. The third-order valence-electron chi connectivity index (χ3n) is 4.91. The van der Waals surface area contributed by atoms with Crippen LogP contribution in [0, 0.1) is 11.7 Å². The Morgan fingerprint density at radius 2 is 2.30 bits per heavy atom. The van der Waals surface area contributed by atoms with Crippen molar-refractivity contribution in [1.82, 2.24) is 20.4 Å². The number of fused-ring (bicyclic) bond motifs is 1. The summed E-state index contributed by atoms with van der Waals surface area (Å²) in [4.78, 5) is 12.7. The normalized spacial score (nSPS) is 21.1. The third kappa shape index (κ3) is 4.07. The van der Waals surface area contributed by atoms with Gasteiger partial charge in [-0.25, -0.2) is 4.39 Å². The summed E-state index contributed by atoms with van der Waals surface area (Å²) < 4.78 is 26.2. The quantitative estimate of drug-likeness (QED) is 0.818. The molecule has 2 N–H and O–H groups in total. The van der Waals surface area contributed by atoms with Crippen LogP contribution in [0.4, 0.5) is 4.39 Å². The van der Waals surface area contributed by atoms with E-state index < -0.39 is 0 Å². The average molecular weight is 397 g/mol. The van der Waals surface area contributed by atoms with E-state index in [1.807, 2.05) is 13.2 Å². The van der Waals surface area contributed by atoms with Crippen LogP contribution in [0.2, 0.25) is 0 Å². The largest absolute Gasteiger partial charge is 0.467 e. The molecule has 0 saturated carbocycles. The summed E-state index contributed by atoms with van der Waals surface area (Å²) in [5.74, 6) is 0.0701. The zero-order chi connectivity index (χ0) is 18.1. The van der Waals surface area contributed by atoms with Gasteiger partial charge < -0.3 is 20.1 Å². The second kappa shape index (κ2) is 8.24. The Kier molecular flexibility index (Phi) is 5.98. The molecule has 1 aromatic heterocycles. The van der Waals surface area contributed by atoms with E-state index in [1.54, 1.807) is 10.9 Å². The average Bonchev–Trinajstić information content (AvgIpc) is 3.28. The Morgan fingerprint density at radius 1 is 1.44 bits per heavy atom. The number of aryl methyl sites for hydroxylation is 1.